The Bertz CT molecular complexity index is 661. The molecule has 0 bridgehead atoms. The molecule has 0 spiro atoms. The van der Waals surface area contributed by atoms with E-state index in [4.69, 9.17) is 24.1 Å². The number of rotatable bonds is 6. The standard InChI is InChI=1S/C17H22O10/c1-24-9-5-8(6-10(25-2)13(9)20)3-4-12(19)27-17-16(23)15(22)14(21)11(7-18)26-17/h3-6,11,14-18,20-23H,7H2,1-2H3/b4-3+/t11-,14-,15+,16-,17?/m1/s1. The van der Waals surface area contributed by atoms with Gasteiger partial charge in [0.25, 0.3) is 0 Å². The van der Waals surface area contributed by atoms with E-state index < -0.39 is 43.3 Å². The van der Waals surface area contributed by atoms with E-state index in [9.17, 15) is 25.2 Å². The molecule has 1 aromatic carbocycles. The second-order valence-corrected chi connectivity index (χ2v) is 5.74. The third kappa shape index (κ3) is 4.67. The summed E-state index contributed by atoms with van der Waals surface area (Å²) >= 11 is 0. The molecular weight excluding hydrogens is 364 g/mol. The van der Waals surface area contributed by atoms with Gasteiger partial charge in [0.05, 0.1) is 20.8 Å². The van der Waals surface area contributed by atoms with Crippen LogP contribution in [0.3, 0.4) is 0 Å². The monoisotopic (exact) mass is 386 g/mol. The van der Waals surface area contributed by atoms with Crippen LogP contribution in [0.15, 0.2) is 18.2 Å². The van der Waals surface area contributed by atoms with Gasteiger partial charge in [-0.05, 0) is 23.8 Å². The van der Waals surface area contributed by atoms with Crippen LogP contribution in [0.1, 0.15) is 5.56 Å². The van der Waals surface area contributed by atoms with E-state index in [1.807, 2.05) is 0 Å². The number of aliphatic hydroxyl groups excluding tert-OH is 4. The zero-order valence-electron chi connectivity index (χ0n) is 14.7. The van der Waals surface area contributed by atoms with Crippen molar-refractivity contribution >= 4 is 12.0 Å². The molecule has 5 atom stereocenters. The Balaban J connectivity index is 2.09. The van der Waals surface area contributed by atoms with Gasteiger partial charge in [-0.2, -0.15) is 0 Å². The Morgan fingerprint density at radius 2 is 1.70 bits per heavy atom. The fourth-order valence-electron chi connectivity index (χ4n) is 2.49. The summed E-state index contributed by atoms with van der Waals surface area (Å²) in [5, 5.41) is 48.2. The quantitative estimate of drug-likeness (QED) is 0.296. The summed E-state index contributed by atoms with van der Waals surface area (Å²) in [5.41, 5.74) is 0.451. The number of phenolic OH excluding ortho intramolecular Hbond substituents is 1. The average Bonchev–Trinajstić information content (AvgIpc) is 2.67. The fourth-order valence-corrected chi connectivity index (χ4v) is 2.49. The van der Waals surface area contributed by atoms with Gasteiger partial charge in [0.2, 0.25) is 12.0 Å². The highest BCUT2D eigenvalue weighted by molar-refractivity contribution is 5.87. The number of aliphatic hydroxyl groups is 4. The Morgan fingerprint density at radius 3 is 2.22 bits per heavy atom. The second kappa shape index (κ2) is 9.02. The van der Waals surface area contributed by atoms with E-state index in [0.29, 0.717) is 5.56 Å². The minimum Gasteiger partial charge on any atom is -0.502 e. The van der Waals surface area contributed by atoms with E-state index in [0.717, 1.165) is 6.08 Å². The van der Waals surface area contributed by atoms with Gasteiger partial charge in [0, 0.05) is 6.08 Å². The van der Waals surface area contributed by atoms with Crippen LogP contribution >= 0.6 is 0 Å². The number of benzene rings is 1. The van der Waals surface area contributed by atoms with Crippen molar-refractivity contribution in [3.63, 3.8) is 0 Å². The normalized spacial score (nSPS) is 28.1. The molecule has 10 nitrogen and oxygen atoms in total. The van der Waals surface area contributed by atoms with Crippen molar-refractivity contribution in [1.82, 2.24) is 0 Å². The third-order valence-electron chi connectivity index (χ3n) is 3.99. The van der Waals surface area contributed by atoms with Crippen LogP contribution < -0.4 is 9.47 Å². The molecule has 1 unspecified atom stereocenters. The van der Waals surface area contributed by atoms with Crippen molar-refractivity contribution in [3.8, 4) is 17.2 Å². The molecule has 0 saturated carbocycles. The molecule has 1 aliphatic rings. The molecule has 0 aromatic heterocycles. The molecule has 0 aliphatic carbocycles. The maximum Gasteiger partial charge on any atom is 0.333 e. The second-order valence-electron chi connectivity index (χ2n) is 5.74. The highest BCUT2D eigenvalue weighted by Gasteiger charge is 2.45. The predicted octanol–water partition coefficient (Wildman–Crippen LogP) is -1.23. The first-order valence-corrected chi connectivity index (χ1v) is 7.96. The van der Waals surface area contributed by atoms with Crippen LogP contribution in [0.5, 0.6) is 17.2 Å². The number of carbonyl (C=O) groups is 1. The Hall–Kier alpha value is -2.37. The maximum absolute atomic E-state index is 12.0. The van der Waals surface area contributed by atoms with Crippen LogP contribution in [0.25, 0.3) is 6.08 Å². The van der Waals surface area contributed by atoms with Gasteiger partial charge in [-0.15, -0.1) is 0 Å². The lowest BCUT2D eigenvalue weighted by Gasteiger charge is -2.38. The molecule has 0 radical (unpaired) electrons. The number of hydrogen-bond donors (Lipinski definition) is 5. The Morgan fingerprint density at radius 1 is 1.11 bits per heavy atom. The minimum absolute atomic E-state index is 0.135. The first-order valence-electron chi connectivity index (χ1n) is 7.96. The minimum atomic E-state index is -1.69. The lowest BCUT2D eigenvalue weighted by Crippen LogP contribution is -2.59. The van der Waals surface area contributed by atoms with E-state index in [1.54, 1.807) is 0 Å². The number of methoxy groups -OCH3 is 2. The predicted molar refractivity (Wildman–Crippen MR) is 90.1 cm³/mol. The van der Waals surface area contributed by atoms with Crippen LogP contribution in [0, 0.1) is 0 Å². The number of ether oxygens (including phenoxy) is 4. The highest BCUT2D eigenvalue weighted by atomic mass is 16.7. The summed E-state index contributed by atoms with van der Waals surface area (Å²) in [4.78, 5) is 12.0. The van der Waals surface area contributed by atoms with E-state index >= 15 is 0 Å². The summed E-state index contributed by atoms with van der Waals surface area (Å²) in [5.74, 6) is -0.834. The molecule has 27 heavy (non-hydrogen) atoms. The molecule has 1 heterocycles. The largest absolute Gasteiger partial charge is 0.502 e. The molecule has 5 N–H and O–H groups in total. The Labute approximate surface area is 154 Å². The average molecular weight is 386 g/mol. The van der Waals surface area contributed by atoms with Gasteiger partial charge in [-0.1, -0.05) is 0 Å². The molecular formula is C17H22O10. The lowest BCUT2D eigenvalue weighted by molar-refractivity contribution is -0.291. The van der Waals surface area contributed by atoms with Crippen molar-refractivity contribution in [3.05, 3.63) is 23.8 Å². The van der Waals surface area contributed by atoms with Gasteiger partial charge in [-0.3, -0.25) is 0 Å². The topological polar surface area (TPSA) is 155 Å². The summed E-state index contributed by atoms with van der Waals surface area (Å²) in [7, 11) is 2.71. The zero-order valence-corrected chi connectivity index (χ0v) is 14.7. The molecule has 10 heteroatoms. The van der Waals surface area contributed by atoms with Crippen LogP contribution in [0.2, 0.25) is 0 Å². The van der Waals surface area contributed by atoms with Crippen molar-refractivity contribution in [2.24, 2.45) is 0 Å². The summed E-state index contributed by atoms with van der Waals surface area (Å²) in [6.45, 7) is -0.637. The zero-order chi connectivity index (χ0) is 20.1. The van der Waals surface area contributed by atoms with Gasteiger partial charge >= 0.3 is 5.97 Å². The van der Waals surface area contributed by atoms with Crippen molar-refractivity contribution < 1.29 is 49.3 Å². The third-order valence-corrected chi connectivity index (χ3v) is 3.99. The number of aromatic hydroxyl groups is 1. The maximum atomic E-state index is 12.0. The van der Waals surface area contributed by atoms with E-state index in [1.165, 1.54) is 32.4 Å². The molecule has 1 aromatic rings. The number of carbonyl (C=O) groups excluding carboxylic acids is 1. The van der Waals surface area contributed by atoms with E-state index in [-0.39, 0.29) is 17.2 Å². The first kappa shape index (κ1) is 20.9. The molecule has 2 rings (SSSR count). The van der Waals surface area contributed by atoms with Crippen LogP contribution in [0.4, 0.5) is 0 Å². The number of esters is 1. The Kier molecular flexibility index (Phi) is 6.99. The number of hydrogen-bond acceptors (Lipinski definition) is 10. The van der Waals surface area contributed by atoms with Gasteiger partial charge < -0.3 is 44.5 Å². The van der Waals surface area contributed by atoms with Gasteiger partial charge in [0.1, 0.15) is 24.4 Å². The SMILES string of the molecule is COc1cc(/C=C/C(=O)OC2O[C@H](CO)[C@@H](O)[C@H](O)[C@H]2O)cc(OC)c1O. The van der Waals surface area contributed by atoms with Crippen molar-refractivity contribution in [2.45, 2.75) is 30.7 Å². The fraction of sp³-hybridized carbons (Fsp3) is 0.471. The van der Waals surface area contributed by atoms with Crippen LogP contribution in [-0.2, 0) is 14.3 Å². The first-order chi connectivity index (χ1) is 12.8. The summed E-state index contributed by atoms with van der Waals surface area (Å²) in [6, 6.07) is 2.91. The van der Waals surface area contributed by atoms with E-state index in [2.05, 4.69) is 0 Å². The molecule has 150 valence electrons. The molecule has 1 fully saturated rings. The summed E-state index contributed by atoms with van der Waals surface area (Å²) < 4.78 is 20.0. The summed E-state index contributed by atoms with van der Waals surface area (Å²) in [6.07, 6.45) is -5.27. The van der Waals surface area contributed by atoms with Gasteiger partial charge in [-0.25, -0.2) is 4.79 Å². The van der Waals surface area contributed by atoms with Crippen molar-refractivity contribution in [1.29, 1.82) is 0 Å². The lowest BCUT2D eigenvalue weighted by atomic mass is 9.99. The smallest absolute Gasteiger partial charge is 0.333 e. The molecule has 0 amide bonds. The highest BCUT2D eigenvalue weighted by Crippen LogP contribution is 2.37. The van der Waals surface area contributed by atoms with Crippen LogP contribution in [-0.4, -0.2) is 83.0 Å². The van der Waals surface area contributed by atoms with Gasteiger partial charge in [0.15, 0.2) is 11.5 Å². The van der Waals surface area contributed by atoms with Crippen molar-refractivity contribution in [2.75, 3.05) is 20.8 Å². The molecule has 1 saturated heterocycles. The number of phenols is 1. The molecule has 1 aliphatic heterocycles.